The van der Waals surface area contributed by atoms with Gasteiger partial charge in [-0.25, -0.2) is 10.8 Å². The van der Waals surface area contributed by atoms with E-state index in [1.54, 1.807) is 6.20 Å². The summed E-state index contributed by atoms with van der Waals surface area (Å²) in [6.07, 6.45) is 1.69. The van der Waals surface area contributed by atoms with Crippen LogP contribution in [0.2, 0.25) is 0 Å². The number of nitrogens with zero attached hydrogens (tertiary/aromatic N) is 3. The Morgan fingerprint density at radius 3 is 3.19 bits per heavy atom. The standard InChI is InChI=1S/C9H14BrN5O/c1-6-5-16-3-2-15(6)8-7(10)4-12-9(13-8)14-11/h4,6H,2-3,5,11H2,1H3,(H,12,13,14). The third kappa shape index (κ3) is 2.26. The van der Waals surface area contributed by atoms with E-state index in [4.69, 9.17) is 10.6 Å². The van der Waals surface area contributed by atoms with Crippen LogP contribution < -0.4 is 16.2 Å². The Morgan fingerprint density at radius 2 is 2.50 bits per heavy atom. The van der Waals surface area contributed by atoms with Crippen molar-refractivity contribution in [2.45, 2.75) is 13.0 Å². The summed E-state index contributed by atoms with van der Waals surface area (Å²) in [5.41, 5.74) is 2.45. The zero-order chi connectivity index (χ0) is 11.5. The number of nitrogens with one attached hydrogen (secondary N) is 1. The second-order valence-electron chi connectivity index (χ2n) is 3.63. The van der Waals surface area contributed by atoms with Crippen molar-refractivity contribution >= 4 is 27.7 Å². The third-order valence-corrected chi connectivity index (χ3v) is 3.05. The topological polar surface area (TPSA) is 76.3 Å². The molecule has 2 heterocycles. The molecule has 88 valence electrons. The van der Waals surface area contributed by atoms with E-state index in [2.05, 4.69) is 43.1 Å². The van der Waals surface area contributed by atoms with Crippen LogP contribution in [-0.4, -0.2) is 35.8 Å². The normalized spacial score (nSPS) is 20.9. The molecule has 0 amide bonds. The summed E-state index contributed by atoms with van der Waals surface area (Å²) in [6, 6.07) is 0.297. The van der Waals surface area contributed by atoms with Gasteiger partial charge in [0, 0.05) is 12.7 Å². The van der Waals surface area contributed by atoms with Crippen molar-refractivity contribution in [3.8, 4) is 0 Å². The first-order valence-electron chi connectivity index (χ1n) is 5.06. The van der Waals surface area contributed by atoms with Crippen LogP contribution in [0.1, 0.15) is 6.92 Å². The zero-order valence-electron chi connectivity index (χ0n) is 8.98. The van der Waals surface area contributed by atoms with E-state index in [0.29, 0.717) is 25.2 Å². The average molecular weight is 288 g/mol. The SMILES string of the molecule is CC1COCCN1c1nc(NN)ncc1Br. The Balaban J connectivity index is 2.30. The van der Waals surface area contributed by atoms with E-state index in [9.17, 15) is 0 Å². The minimum absolute atomic E-state index is 0.297. The molecule has 0 spiro atoms. The van der Waals surface area contributed by atoms with Gasteiger partial charge >= 0.3 is 0 Å². The van der Waals surface area contributed by atoms with Gasteiger partial charge < -0.3 is 9.64 Å². The molecule has 0 aromatic carbocycles. The summed E-state index contributed by atoms with van der Waals surface area (Å²) < 4.78 is 6.25. The minimum Gasteiger partial charge on any atom is -0.377 e. The van der Waals surface area contributed by atoms with Gasteiger partial charge in [-0.05, 0) is 22.9 Å². The van der Waals surface area contributed by atoms with Gasteiger partial charge in [-0.3, -0.25) is 5.43 Å². The highest BCUT2D eigenvalue weighted by molar-refractivity contribution is 9.10. The number of morpholine rings is 1. The number of anilines is 2. The number of hydrazine groups is 1. The van der Waals surface area contributed by atoms with Crippen LogP contribution in [0.4, 0.5) is 11.8 Å². The quantitative estimate of drug-likeness (QED) is 0.618. The van der Waals surface area contributed by atoms with E-state index in [1.807, 2.05) is 0 Å². The third-order valence-electron chi connectivity index (χ3n) is 2.49. The molecule has 0 saturated carbocycles. The fraction of sp³-hybridized carbons (Fsp3) is 0.556. The molecule has 0 aliphatic carbocycles. The minimum atomic E-state index is 0.297. The van der Waals surface area contributed by atoms with Crippen molar-refractivity contribution in [3.05, 3.63) is 10.7 Å². The Morgan fingerprint density at radius 1 is 1.69 bits per heavy atom. The number of ether oxygens (including phenoxy) is 1. The molecular formula is C9H14BrN5O. The molecule has 1 atom stereocenters. The number of hydrogen-bond acceptors (Lipinski definition) is 6. The number of nitrogens with two attached hydrogens (primary N) is 1. The Hall–Kier alpha value is -0.920. The first-order valence-corrected chi connectivity index (χ1v) is 5.85. The molecule has 1 aromatic heterocycles. The van der Waals surface area contributed by atoms with E-state index >= 15 is 0 Å². The lowest BCUT2D eigenvalue weighted by atomic mass is 10.2. The monoisotopic (exact) mass is 287 g/mol. The van der Waals surface area contributed by atoms with Crippen molar-refractivity contribution in [2.24, 2.45) is 5.84 Å². The van der Waals surface area contributed by atoms with Crippen molar-refractivity contribution in [1.29, 1.82) is 0 Å². The van der Waals surface area contributed by atoms with Gasteiger partial charge in [0.2, 0.25) is 5.95 Å². The number of rotatable bonds is 2. The lowest BCUT2D eigenvalue weighted by Gasteiger charge is -2.34. The predicted octanol–water partition coefficient (Wildman–Crippen LogP) is 0.750. The van der Waals surface area contributed by atoms with Gasteiger partial charge in [-0.1, -0.05) is 0 Å². The van der Waals surface area contributed by atoms with Crippen molar-refractivity contribution < 1.29 is 4.74 Å². The Labute approximate surface area is 102 Å². The molecule has 1 aliphatic rings. The molecule has 0 radical (unpaired) electrons. The molecule has 1 aromatic rings. The van der Waals surface area contributed by atoms with Gasteiger partial charge in [0.1, 0.15) is 5.82 Å². The molecule has 1 saturated heterocycles. The maximum absolute atomic E-state index is 5.39. The Bertz CT molecular complexity index is 375. The molecule has 1 fully saturated rings. The highest BCUT2D eigenvalue weighted by Crippen LogP contribution is 2.26. The second kappa shape index (κ2) is 4.94. The van der Waals surface area contributed by atoms with Gasteiger partial charge in [0.25, 0.3) is 0 Å². The van der Waals surface area contributed by atoms with Crippen LogP contribution >= 0.6 is 15.9 Å². The summed E-state index contributed by atoms with van der Waals surface area (Å²) in [7, 11) is 0. The second-order valence-corrected chi connectivity index (χ2v) is 4.48. The Kier molecular flexibility index (Phi) is 3.57. The lowest BCUT2D eigenvalue weighted by Crippen LogP contribution is -2.44. The number of nitrogen functional groups attached to an aromatic ring is 1. The first-order chi connectivity index (χ1) is 7.72. The lowest BCUT2D eigenvalue weighted by molar-refractivity contribution is 0.0984. The molecule has 0 bridgehead atoms. The largest absolute Gasteiger partial charge is 0.377 e. The van der Waals surface area contributed by atoms with Gasteiger partial charge in [-0.2, -0.15) is 4.98 Å². The van der Waals surface area contributed by atoms with Crippen LogP contribution in [0.15, 0.2) is 10.7 Å². The molecule has 7 heteroatoms. The highest BCUT2D eigenvalue weighted by Gasteiger charge is 2.22. The summed E-state index contributed by atoms with van der Waals surface area (Å²) in [6.45, 7) is 4.35. The van der Waals surface area contributed by atoms with Gasteiger partial charge in [-0.15, -0.1) is 0 Å². The first kappa shape index (κ1) is 11.6. The van der Waals surface area contributed by atoms with Crippen molar-refractivity contribution in [3.63, 3.8) is 0 Å². The molecular weight excluding hydrogens is 274 g/mol. The molecule has 1 unspecified atom stereocenters. The van der Waals surface area contributed by atoms with E-state index in [-0.39, 0.29) is 0 Å². The highest BCUT2D eigenvalue weighted by atomic mass is 79.9. The summed E-state index contributed by atoms with van der Waals surface area (Å²) in [4.78, 5) is 10.5. The fourth-order valence-electron chi connectivity index (χ4n) is 1.67. The maximum Gasteiger partial charge on any atom is 0.239 e. The smallest absolute Gasteiger partial charge is 0.239 e. The molecule has 2 rings (SSSR count). The molecule has 16 heavy (non-hydrogen) atoms. The van der Waals surface area contributed by atoms with Crippen LogP contribution in [0.25, 0.3) is 0 Å². The molecule has 6 nitrogen and oxygen atoms in total. The number of hydrogen-bond donors (Lipinski definition) is 2. The van der Waals surface area contributed by atoms with Crippen molar-refractivity contribution in [1.82, 2.24) is 9.97 Å². The zero-order valence-corrected chi connectivity index (χ0v) is 10.6. The molecule has 1 aliphatic heterocycles. The van der Waals surface area contributed by atoms with E-state index in [1.165, 1.54) is 0 Å². The van der Waals surface area contributed by atoms with Crippen LogP contribution in [0.5, 0.6) is 0 Å². The van der Waals surface area contributed by atoms with Gasteiger partial charge in [0.15, 0.2) is 0 Å². The van der Waals surface area contributed by atoms with E-state index in [0.717, 1.165) is 16.8 Å². The summed E-state index contributed by atoms with van der Waals surface area (Å²) in [5, 5.41) is 0. The van der Waals surface area contributed by atoms with Gasteiger partial charge in [0.05, 0.1) is 23.7 Å². The number of aromatic nitrogens is 2. The summed E-state index contributed by atoms with van der Waals surface area (Å²) >= 11 is 3.45. The fourth-order valence-corrected chi connectivity index (χ4v) is 2.09. The van der Waals surface area contributed by atoms with Crippen LogP contribution in [0.3, 0.4) is 0 Å². The average Bonchev–Trinajstić information content (AvgIpc) is 2.31. The number of halogens is 1. The van der Waals surface area contributed by atoms with Crippen LogP contribution in [0, 0.1) is 0 Å². The maximum atomic E-state index is 5.39. The summed E-state index contributed by atoms with van der Waals surface area (Å²) in [5.74, 6) is 6.56. The van der Waals surface area contributed by atoms with Crippen molar-refractivity contribution in [2.75, 3.05) is 30.1 Å². The predicted molar refractivity (Wildman–Crippen MR) is 65.2 cm³/mol. The van der Waals surface area contributed by atoms with Crippen LogP contribution in [-0.2, 0) is 4.74 Å². The van der Waals surface area contributed by atoms with E-state index < -0.39 is 0 Å². The molecule has 3 N–H and O–H groups in total.